The molecule has 21 heavy (non-hydrogen) atoms. The fourth-order valence-corrected chi connectivity index (χ4v) is 2.40. The van der Waals surface area contributed by atoms with Gasteiger partial charge in [0.15, 0.2) is 0 Å². The van der Waals surface area contributed by atoms with Gasteiger partial charge in [-0.1, -0.05) is 50.8 Å². The highest BCUT2D eigenvalue weighted by molar-refractivity contribution is 5.97. The van der Waals surface area contributed by atoms with Crippen molar-refractivity contribution in [2.75, 3.05) is 0 Å². The minimum absolute atomic E-state index is 0.119. The van der Waals surface area contributed by atoms with E-state index < -0.39 is 0 Å². The summed E-state index contributed by atoms with van der Waals surface area (Å²) in [6.07, 6.45) is 6.07. The van der Waals surface area contributed by atoms with E-state index in [0.717, 1.165) is 17.3 Å². The lowest BCUT2D eigenvalue weighted by Crippen LogP contribution is -2.43. The maximum absolute atomic E-state index is 12.1. The molecule has 0 spiro atoms. The van der Waals surface area contributed by atoms with Gasteiger partial charge in [0.1, 0.15) is 5.69 Å². The quantitative estimate of drug-likeness (QED) is 0.511. The third-order valence-electron chi connectivity index (χ3n) is 3.70. The number of hydrogen-bond acceptors (Lipinski definition) is 2. The van der Waals surface area contributed by atoms with Crippen molar-refractivity contribution in [2.24, 2.45) is 0 Å². The summed E-state index contributed by atoms with van der Waals surface area (Å²) in [5.41, 5.74) is 7.43. The Labute approximate surface area is 126 Å². The van der Waals surface area contributed by atoms with Gasteiger partial charge < -0.3 is 4.98 Å². The molecule has 3 N–H and O–H groups in total. The Balaban J connectivity index is 1.78. The largest absolute Gasteiger partial charge is 0.350 e. The van der Waals surface area contributed by atoms with Gasteiger partial charge in [0.25, 0.3) is 5.91 Å². The Morgan fingerprint density at radius 3 is 2.81 bits per heavy atom. The Morgan fingerprint density at radius 1 is 1.24 bits per heavy atom. The first-order valence-corrected chi connectivity index (χ1v) is 7.84. The van der Waals surface area contributed by atoms with Gasteiger partial charge in [0, 0.05) is 16.9 Å². The molecule has 2 aromatic rings. The summed E-state index contributed by atoms with van der Waals surface area (Å²) in [6, 6.07) is 10.0. The lowest BCUT2D eigenvalue weighted by atomic mass is 10.1. The Hall–Kier alpha value is -1.81. The molecule has 0 aliphatic carbocycles. The van der Waals surface area contributed by atoms with Crippen molar-refractivity contribution in [3.63, 3.8) is 0 Å². The zero-order valence-electron chi connectivity index (χ0n) is 12.9. The topological polar surface area (TPSA) is 56.9 Å². The van der Waals surface area contributed by atoms with Gasteiger partial charge in [-0.2, -0.15) is 0 Å². The van der Waals surface area contributed by atoms with E-state index in [0.29, 0.717) is 5.69 Å². The zero-order valence-corrected chi connectivity index (χ0v) is 12.9. The number of hydrazine groups is 1. The van der Waals surface area contributed by atoms with Crippen LogP contribution in [0, 0.1) is 0 Å². The maximum atomic E-state index is 12.1. The fraction of sp³-hybridized carbons (Fsp3) is 0.471. The van der Waals surface area contributed by atoms with Crippen molar-refractivity contribution in [1.82, 2.24) is 15.8 Å². The molecule has 1 atom stereocenters. The molecule has 0 saturated carbocycles. The molecule has 2 rings (SSSR count). The molecular formula is C17H25N3O. The van der Waals surface area contributed by atoms with Gasteiger partial charge in [0.2, 0.25) is 0 Å². The first-order chi connectivity index (χ1) is 10.2. The van der Waals surface area contributed by atoms with Crippen LogP contribution in [-0.2, 0) is 0 Å². The molecule has 0 aliphatic heterocycles. The van der Waals surface area contributed by atoms with Crippen LogP contribution in [0.25, 0.3) is 10.9 Å². The van der Waals surface area contributed by atoms with Crippen molar-refractivity contribution >= 4 is 16.8 Å². The van der Waals surface area contributed by atoms with E-state index in [-0.39, 0.29) is 11.9 Å². The Bertz CT molecular complexity index is 543. The number of aromatic nitrogens is 1. The highest BCUT2D eigenvalue weighted by Crippen LogP contribution is 2.14. The van der Waals surface area contributed by atoms with Crippen molar-refractivity contribution in [3.05, 3.63) is 36.0 Å². The minimum atomic E-state index is -0.119. The predicted molar refractivity (Wildman–Crippen MR) is 87.1 cm³/mol. The number of carbonyl (C=O) groups is 1. The van der Waals surface area contributed by atoms with Crippen LogP contribution < -0.4 is 10.9 Å². The molecule has 1 aromatic carbocycles. The van der Waals surface area contributed by atoms with E-state index in [4.69, 9.17) is 0 Å². The van der Waals surface area contributed by atoms with Gasteiger partial charge >= 0.3 is 0 Å². The van der Waals surface area contributed by atoms with Crippen molar-refractivity contribution in [2.45, 2.75) is 52.0 Å². The van der Waals surface area contributed by atoms with Crippen molar-refractivity contribution in [3.8, 4) is 0 Å². The number of carbonyl (C=O) groups excluding carboxylic acids is 1. The van der Waals surface area contributed by atoms with Crippen LogP contribution in [0.2, 0.25) is 0 Å². The number of H-pyrrole nitrogens is 1. The molecule has 1 amide bonds. The number of nitrogens with one attached hydrogen (secondary N) is 3. The molecule has 0 radical (unpaired) electrons. The number of aromatic amines is 1. The first kappa shape index (κ1) is 15.6. The number of fused-ring (bicyclic) bond motifs is 1. The van der Waals surface area contributed by atoms with Crippen LogP contribution in [0.15, 0.2) is 30.3 Å². The number of rotatable bonds is 8. The standard InChI is InChI=1S/C17H25N3O/c1-3-4-5-6-9-13(2)19-20-17(21)16-12-14-10-7-8-11-15(14)18-16/h7-8,10-13,18-19H,3-6,9H2,1-2H3,(H,20,21)/t13-/m1/s1. The Morgan fingerprint density at radius 2 is 2.05 bits per heavy atom. The molecule has 1 aromatic heterocycles. The van der Waals surface area contributed by atoms with Crippen LogP contribution in [0.1, 0.15) is 56.4 Å². The highest BCUT2D eigenvalue weighted by atomic mass is 16.2. The average molecular weight is 287 g/mol. The van der Waals surface area contributed by atoms with Gasteiger partial charge in [-0.25, -0.2) is 5.43 Å². The van der Waals surface area contributed by atoms with Crippen LogP contribution in [0.5, 0.6) is 0 Å². The fourth-order valence-electron chi connectivity index (χ4n) is 2.40. The summed E-state index contributed by atoms with van der Waals surface area (Å²) in [4.78, 5) is 15.2. The molecule has 4 heteroatoms. The average Bonchev–Trinajstić information content (AvgIpc) is 2.93. The molecule has 1 heterocycles. The van der Waals surface area contributed by atoms with Gasteiger partial charge in [-0.05, 0) is 25.5 Å². The summed E-state index contributed by atoms with van der Waals surface area (Å²) in [7, 11) is 0. The van der Waals surface area contributed by atoms with E-state index in [2.05, 4.69) is 29.7 Å². The normalized spacial score (nSPS) is 12.5. The van der Waals surface area contributed by atoms with E-state index >= 15 is 0 Å². The monoisotopic (exact) mass is 287 g/mol. The second-order valence-corrected chi connectivity index (χ2v) is 5.62. The van der Waals surface area contributed by atoms with Crippen molar-refractivity contribution < 1.29 is 4.79 Å². The number of hydrogen-bond donors (Lipinski definition) is 3. The van der Waals surface area contributed by atoms with Crippen LogP contribution in [-0.4, -0.2) is 16.9 Å². The summed E-state index contributed by atoms with van der Waals surface area (Å²) >= 11 is 0. The molecule has 0 unspecified atom stereocenters. The summed E-state index contributed by atoms with van der Waals surface area (Å²) < 4.78 is 0. The van der Waals surface area contributed by atoms with E-state index in [1.807, 2.05) is 30.3 Å². The minimum Gasteiger partial charge on any atom is -0.350 e. The number of benzene rings is 1. The van der Waals surface area contributed by atoms with Crippen molar-refractivity contribution in [1.29, 1.82) is 0 Å². The van der Waals surface area contributed by atoms with Crippen LogP contribution >= 0.6 is 0 Å². The summed E-state index contributed by atoms with van der Waals surface area (Å²) in [6.45, 7) is 4.31. The van der Waals surface area contributed by atoms with E-state index in [1.54, 1.807) is 0 Å². The second kappa shape index (κ2) is 7.84. The molecule has 0 saturated heterocycles. The summed E-state index contributed by atoms with van der Waals surface area (Å²) in [5, 5.41) is 1.05. The lowest BCUT2D eigenvalue weighted by Gasteiger charge is -2.14. The molecule has 114 valence electrons. The molecule has 4 nitrogen and oxygen atoms in total. The molecule has 0 fully saturated rings. The SMILES string of the molecule is CCCCCC[C@@H](C)NNC(=O)c1cc2ccccc2[nH]1. The smallest absolute Gasteiger partial charge is 0.281 e. The third-order valence-corrected chi connectivity index (χ3v) is 3.70. The molecule has 0 aliphatic rings. The van der Waals surface area contributed by atoms with E-state index in [9.17, 15) is 4.79 Å². The van der Waals surface area contributed by atoms with Gasteiger partial charge in [-0.15, -0.1) is 0 Å². The lowest BCUT2D eigenvalue weighted by molar-refractivity contribution is 0.0921. The van der Waals surface area contributed by atoms with Crippen LogP contribution in [0.3, 0.4) is 0 Å². The molecular weight excluding hydrogens is 262 g/mol. The predicted octanol–water partition coefficient (Wildman–Crippen LogP) is 3.76. The summed E-state index contributed by atoms with van der Waals surface area (Å²) in [5.74, 6) is -0.119. The molecule has 0 bridgehead atoms. The highest BCUT2D eigenvalue weighted by Gasteiger charge is 2.10. The van der Waals surface area contributed by atoms with Crippen LogP contribution in [0.4, 0.5) is 0 Å². The third kappa shape index (κ3) is 4.60. The number of unbranched alkanes of at least 4 members (excludes halogenated alkanes) is 3. The maximum Gasteiger partial charge on any atom is 0.281 e. The Kier molecular flexibility index (Phi) is 5.81. The van der Waals surface area contributed by atoms with Gasteiger partial charge in [0.05, 0.1) is 0 Å². The van der Waals surface area contributed by atoms with Gasteiger partial charge in [-0.3, -0.25) is 10.2 Å². The van der Waals surface area contributed by atoms with E-state index in [1.165, 1.54) is 25.7 Å². The first-order valence-electron chi connectivity index (χ1n) is 7.84. The number of para-hydroxylation sites is 1. The second-order valence-electron chi connectivity index (χ2n) is 5.62. The number of amides is 1. The zero-order chi connectivity index (χ0) is 15.1.